The monoisotopic (exact) mass is 406 g/mol. The molecule has 3 rings (SSSR count). The van der Waals surface area contributed by atoms with Gasteiger partial charge >= 0.3 is 0 Å². The first kappa shape index (κ1) is 14.7. The summed E-state index contributed by atoms with van der Waals surface area (Å²) in [5.41, 5.74) is 3.42. The molecule has 1 unspecified atom stereocenters. The third-order valence-electron chi connectivity index (χ3n) is 3.53. The summed E-state index contributed by atoms with van der Waals surface area (Å²) >= 11 is 7.30. The second-order valence-corrected chi connectivity index (χ2v) is 6.94. The van der Waals surface area contributed by atoms with Crippen molar-refractivity contribution in [1.29, 1.82) is 0 Å². The molecule has 0 aliphatic carbocycles. The van der Waals surface area contributed by atoms with Gasteiger partial charge in [0.05, 0.1) is 4.83 Å². The Hall–Kier alpha value is -1.19. The first-order chi connectivity index (χ1) is 10.1. The van der Waals surface area contributed by atoms with Gasteiger partial charge in [0.2, 0.25) is 0 Å². The van der Waals surface area contributed by atoms with Gasteiger partial charge in [-0.25, -0.2) is 4.39 Å². The molecule has 0 spiro atoms. The predicted octanol–water partition coefficient (Wildman–Crippen LogP) is 6.53. The highest BCUT2D eigenvalue weighted by molar-refractivity contribution is 9.10. The number of aryl methyl sites for hydroxylation is 1. The summed E-state index contributed by atoms with van der Waals surface area (Å²) in [5, 5.41) is 1.60. The summed E-state index contributed by atoms with van der Waals surface area (Å²) in [4.78, 5) is 0.0270. The van der Waals surface area contributed by atoms with Crippen molar-refractivity contribution in [2.24, 2.45) is 0 Å². The Morgan fingerprint density at radius 3 is 2.38 bits per heavy atom. The van der Waals surface area contributed by atoms with Gasteiger partial charge in [0, 0.05) is 9.86 Å². The minimum atomic E-state index is -0.181. The molecule has 0 amide bonds. The van der Waals surface area contributed by atoms with Gasteiger partial charge in [-0.15, -0.1) is 0 Å². The highest BCUT2D eigenvalue weighted by Gasteiger charge is 2.15. The Morgan fingerprint density at radius 2 is 1.67 bits per heavy atom. The quantitative estimate of drug-likeness (QED) is 0.423. The van der Waals surface area contributed by atoms with Crippen molar-refractivity contribution in [3.63, 3.8) is 0 Å². The van der Waals surface area contributed by atoms with Crippen LogP contribution in [0.5, 0.6) is 0 Å². The summed E-state index contributed by atoms with van der Waals surface area (Å²) in [5.74, 6) is -0.181. The maximum absolute atomic E-state index is 13.9. The van der Waals surface area contributed by atoms with Gasteiger partial charge in [0.1, 0.15) is 5.82 Å². The van der Waals surface area contributed by atoms with Crippen LogP contribution < -0.4 is 0 Å². The molecule has 3 aromatic rings. The zero-order valence-electron chi connectivity index (χ0n) is 11.4. The summed E-state index contributed by atoms with van der Waals surface area (Å²) < 4.78 is 15.0. The predicted molar refractivity (Wildman–Crippen MR) is 93.6 cm³/mol. The average Bonchev–Trinajstić information content (AvgIpc) is 2.46. The lowest BCUT2D eigenvalue weighted by Gasteiger charge is -2.15. The molecule has 0 nitrogen and oxygen atoms in total. The number of benzene rings is 3. The molecule has 0 radical (unpaired) electrons. The van der Waals surface area contributed by atoms with Gasteiger partial charge in [-0.05, 0) is 47.2 Å². The first-order valence-electron chi connectivity index (χ1n) is 6.64. The number of fused-ring (bicyclic) bond motifs is 1. The van der Waals surface area contributed by atoms with Crippen LogP contribution in [-0.4, -0.2) is 0 Å². The van der Waals surface area contributed by atoms with Crippen LogP contribution in [0.15, 0.2) is 59.1 Å². The summed E-state index contributed by atoms with van der Waals surface area (Å²) in [6, 6.07) is 17.3. The van der Waals surface area contributed by atoms with Crippen molar-refractivity contribution in [3.05, 3.63) is 81.6 Å². The van der Waals surface area contributed by atoms with E-state index in [4.69, 9.17) is 0 Å². The molecule has 21 heavy (non-hydrogen) atoms. The largest absolute Gasteiger partial charge is 0.206 e. The van der Waals surface area contributed by atoms with E-state index in [9.17, 15) is 4.39 Å². The molecular weight excluding hydrogens is 395 g/mol. The molecule has 0 aromatic heterocycles. The fraction of sp³-hybridized carbons (Fsp3) is 0.111. The molecule has 0 aliphatic heterocycles. The third kappa shape index (κ3) is 2.90. The van der Waals surface area contributed by atoms with Crippen LogP contribution in [0.2, 0.25) is 0 Å². The van der Waals surface area contributed by atoms with E-state index in [1.54, 1.807) is 0 Å². The van der Waals surface area contributed by atoms with Gasteiger partial charge < -0.3 is 0 Å². The molecule has 106 valence electrons. The topological polar surface area (TPSA) is 0 Å². The Bertz CT molecular complexity index is 791. The van der Waals surface area contributed by atoms with Crippen LogP contribution in [0.3, 0.4) is 0 Å². The molecule has 0 aliphatic rings. The fourth-order valence-corrected chi connectivity index (χ4v) is 3.89. The van der Waals surface area contributed by atoms with E-state index >= 15 is 0 Å². The molecular formula is C18H13Br2F. The Kier molecular flexibility index (Phi) is 4.14. The molecule has 0 heterocycles. The van der Waals surface area contributed by atoms with Crippen molar-refractivity contribution in [1.82, 2.24) is 0 Å². The van der Waals surface area contributed by atoms with E-state index in [0.717, 1.165) is 21.0 Å². The van der Waals surface area contributed by atoms with E-state index in [1.165, 1.54) is 11.6 Å². The van der Waals surface area contributed by atoms with Crippen LogP contribution in [0.4, 0.5) is 4.39 Å². The molecule has 1 atom stereocenters. The Morgan fingerprint density at radius 1 is 0.952 bits per heavy atom. The van der Waals surface area contributed by atoms with Gasteiger partial charge in [-0.1, -0.05) is 68.3 Å². The van der Waals surface area contributed by atoms with Gasteiger partial charge in [0.15, 0.2) is 0 Å². The molecule has 3 aromatic carbocycles. The van der Waals surface area contributed by atoms with Gasteiger partial charge in [-0.2, -0.15) is 0 Å². The van der Waals surface area contributed by atoms with E-state index < -0.39 is 0 Å². The van der Waals surface area contributed by atoms with Crippen LogP contribution in [0.1, 0.15) is 21.5 Å². The Labute approximate surface area is 140 Å². The Balaban J connectivity index is 2.18. The van der Waals surface area contributed by atoms with E-state index in [2.05, 4.69) is 57.0 Å². The highest BCUT2D eigenvalue weighted by atomic mass is 79.9. The highest BCUT2D eigenvalue weighted by Crippen LogP contribution is 2.37. The number of hydrogen-bond donors (Lipinski definition) is 0. The smallest absolute Gasteiger partial charge is 0.131 e. The standard InChI is InChI=1S/C18H13Br2F/c1-11-8-12(10-13(19)9-11)18(20)16-6-7-17(21)15-5-3-2-4-14(15)16/h2-10,18H,1H3. The van der Waals surface area contributed by atoms with E-state index in [0.29, 0.717) is 5.39 Å². The second-order valence-electron chi connectivity index (χ2n) is 5.11. The van der Waals surface area contributed by atoms with E-state index in [1.807, 2.05) is 30.3 Å². The van der Waals surface area contributed by atoms with Crippen molar-refractivity contribution < 1.29 is 4.39 Å². The lowest BCUT2D eigenvalue weighted by atomic mass is 9.97. The maximum Gasteiger partial charge on any atom is 0.131 e. The van der Waals surface area contributed by atoms with Crippen LogP contribution in [0.25, 0.3) is 10.8 Å². The number of hydrogen-bond acceptors (Lipinski definition) is 0. The minimum Gasteiger partial charge on any atom is -0.206 e. The molecule has 0 saturated carbocycles. The molecule has 0 saturated heterocycles. The van der Waals surface area contributed by atoms with Gasteiger partial charge in [0.25, 0.3) is 0 Å². The molecule has 0 bridgehead atoms. The SMILES string of the molecule is Cc1cc(Br)cc(C(Br)c2ccc(F)c3ccccc23)c1. The summed E-state index contributed by atoms with van der Waals surface area (Å²) in [6.07, 6.45) is 0. The van der Waals surface area contributed by atoms with Crippen molar-refractivity contribution in [2.75, 3.05) is 0 Å². The fourth-order valence-electron chi connectivity index (χ4n) is 2.60. The lowest BCUT2D eigenvalue weighted by molar-refractivity contribution is 0.639. The number of halogens is 3. The molecule has 0 fully saturated rings. The van der Waals surface area contributed by atoms with E-state index in [-0.39, 0.29) is 10.6 Å². The van der Waals surface area contributed by atoms with Crippen LogP contribution in [0, 0.1) is 12.7 Å². The zero-order chi connectivity index (χ0) is 15.0. The lowest BCUT2D eigenvalue weighted by Crippen LogP contribution is -1.96. The molecule has 0 N–H and O–H groups in total. The summed E-state index contributed by atoms with van der Waals surface area (Å²) in [7, 11) is 0. The van der Waals surface area contributed by atoms with Gasteiger partial charge in [-0.3, -0.25) is 0 Å². The van der Waals surface area contributed by atoms with Crippen molar-refractivity contribution >= 4 is 42.6 Å². The minimum absolute atomic E-state index is 0.0270. The van der Waals surface area contributed by atoms with Crippen molar-refractivity contribution in [3.8, 4) is 0 Å². The van der Waals surface area contributed by atoms with Crippen molar-refractivity contribution in [2.45, 2.75) is 11.8 Å². The number of alkyl halides is 1. The molecule has 3 heteroatoms. The van der Waals surface area contributed by atoms with Crippen LogP contribution >= 0.6 is 31.9 Å². The zero-order valence-corrected chi connectivity index (χ0v) is 14.6. The normalized spacial score (nSPS) is 12.6. The second kappa shape index (κ2) is 5.90. The third-order valence-corrected chi connectivity index (χ3v) is 5.01. The van der Waals surface area contributed by atoms with Crippen LogP contribution in [-0.2, 0) is 0 Å². The first-order valence-corrected chi connectivity index (χ1v) is 8.35. The average molecular weight is 408 g/mol. The number of rotatable bonds is 2. The maximum atomic E-state index is 13.9. The summed E-state index contributed by atoms with van der Waals surface area (Å²) in [6.45, 7) is 2.07.